The fraction of sp³-hybridized carbons (Fsp3) is 0.174. The number of halogens is 1. The summed E-state index contributed by atoms with van der Waals surface area (Å²) in [6, 6.07) is 16.4. The number of rotatable bonds is 8. The maximum absolute atomic E-state index is 14.0. The van der Waals surface area contributed by atoms with Crippen LogP contribution in [0.15, 0.2) is 71.6 Å². The van der Waals surface area contributed by atoms with Gasteiger partial charge in [-0.05, 0) is 43.3 Å². The Balaban J connectivity index is 2.04. The van der Waals surface area contributed by atoms with Crippen molar-refractivity contribution in [2.75, 3.05) is 30.4 Å². The fourth-order valence-corrected chi connectivity index (χ4v) is 4.44. The van der Waals surface area contributed by atoms with Crippen LogP contribution in [-0.2, 0) is 14.8 Å². The topological polar surface area (TPSA) is 84.9 Å². The Labute approximate surface area is 186 Å². The van der Waals surface area contributed by atoms with Gasteiger partial charge in [-0.3, -0.25) is 9.10 Å². The second-order valence-corrected chi connectivity index (χ2v) is 8.75. The minimum Gasteiger partial charge on any atom is -0.497 e. The molecule has 0 aliphatic rings. The number of anilines is 2. The number of methoxy groups -OCH3 is 2. The Bertz CT molecular complexity index is 1210. The molecule has 3 aromatic carbocycles. The third-order valence-electron chi connectivity index (χ3n) is 4.70. The number of para-hydroxylation sites is 1. The number of nitrogens with one attached hydrogen (secondary N) is 1. The minimum absolute atomic E-state index is 0.000312. The van der Waals surface area contributed by atoms with E-state index in [1.807, 2.05) is 6.92 Å². The quantitative estimate of drug-likeness (QED) is 0.552. The van der Waals surface area contributed by atoms with Crippen LogP contribution >= 0.6 is 0 Å². The SMILES string of the molecule is COc1ccc(N(CC(=O)Nc2ccccc2F)S(=O)(=O)c2ccc(C)cc2)c(OC)c1. The fourth-order valence-electron chi connectivity index (χ4n) is 3.01. The number of hydrogen-bond donors (Lipinski definition) is 1. The van der Waals surface area contributed by atoms with E-state index in [1.54, 1.807) is 24.3 Å². The Hall–Kier alpha value is -3.59. The molecule has 0 aromatic heterocycles. The Kier molecular flexibility index (Phi) is 6.99. The molecule has 0 aliphatic heterocycles. The molecule has 1 N–H and O–H groups in total. The first kappa shape index (κ1) is 23.1. The van der Waals surface area contributed by atoms with E-state index < -0.39 is 28.3 Å². The van der Waals surface area contributed by atoms with Crippen molar-refractivity contribution in [1.82, 2.24) is 0 Å². The summed E-state index contributed by atoms with van der Waals surface area (Å²) < 4.78 is 52.4. The molecule has 0 atom stereocenters. The van der Waals surface area contributed by atoms with Crippen LogP contribution in [0, 0.1) is 12.7 Å². The van der Waals surface area contributed by atoms with Crippen LogP contribution in [0.25, 0.3) is 0 Å². The number of amides is 1. The van der Waals surface area contributed by atoms with Crippen LogP contribution in [0.2, 0.25) is 0 Å². The highest BCUT2D eigenvalue weighted by Gasteiger charge is 2.30. The van der Waals surface area contributed by atoms with E-state index in [9.17, 15) is 17.6 Å². The lowest BCUT2D eigenvalue weighted by molar-refractivity contribution is -0.114. The average molecular weight is 459 g/mol. The van der Waals surface area contributed by atoms with Crippen molar-refractivity contribution >= 4 is 27.3 Å². The molecule has 9 heteroatoms. The molecular formula is C23H23FN2O5S. The Morgan fingerprint density at radius 2 is 1.69 bits per heavy atom. The third kappa shape index (κ3) is 5.00. The van der Waals surface area contributed by atoms with E-state index in [0.29, 0.717) is 5.75 Å². The second kappa shape index (κ2) is 9.69. The summed E-state index contributed by atoms with van der Waals surface area (Å²) in [5, 5.41) is 2.42. The smallest absolute Gasteiger partial charge is 0.264 e. The normalized spacial score (nSPS) is 11.0. The van der Waals surface area contributed by atoms with Gasteiger partial charge in [-0.1, -0.05) is 29.8 Å². The van der Waals surface area contributed by atoms with Crippen molar-refractivity contribution in [2.24, 2.45) is 0 Å². The third-order valence-corrected chi connectivity index (χ3v) is 6.47. The highest BCUT2D eigenvalue weighted by atomic mass is 32.2. The summed E-state index contributed by atoms with van der Waals surface area (Å²) in [5.41, 5.74) is 0.972. The average Bonchev–Trinajstić information content (AvgIpc) is 2.79. The molecule has 0 heterocycles. The van der Waals surface area contributed by atoms with Crippen LogP contribution in [0.3, 0.4) is 0 Å². The monoisotopic (exact) mass is 458 g/mol. The largest absolute Gasteiger partial charge is 0.497 e. The molecule has 0 unspecified atom stereocenters. The van der Waals surface area contributed by atoms with Crippen LogP contribution < -0.4 is 19.1 Å². The van der Waals surface area contributed by atoms with Gasteiger partial charge in [-0.25, -0.2) is 12.8 Å². The van der Waals surface area contributed by atoms with Crippen LogP contribution in [0.5, 0.6) is 11.5 Å². The highest BCUT2D eigenvalue weighted by Crippen LogP contribution is 2.35. The van der Waals surface area contributed by atoms with Crippen molar-refractivity contribution in [3.63, 3.8) is 0 Å². The first-order chi connectivity index (χ1) is 15.3. The number of carbonyl (C=O) groups is 1. The predicted molar refractivity (Wildman–Crippen MR) is 120 cm³/mol. The molecular weight excluding hydrogens is 435 g/mol. The van der Waals surface area contributed by atoms with Crippen molar-refractivity contribution in [3.8, 4) is 11.5 Å². The molecule has 0 aliphatic carbocycles. The zero-order valence-electron chi connectivity index (χ0n) is 17.8. The van der Waals surface area contributed by atoms with E-state index in [2.05, 4.69) is 5.32 Å². The van der Waals surface area contributed by atoms with Gasteiger partial charge in [0.1, 0.15) is 23.9 Å². The van der Waals surface area contributed by atoms with E-state index in [0.717, 1.165) is 9.87 Å². The molecule has 3 aromatic rings. The number of carbonyl (C=O) groups excluding carboxylic acids is 1. The maximum Gasteiger partial charge on any atom is 0.264 e. The number of aryl methyl sites for hydroxylation is 1. The second-order valence-electron chi connectivity index (χ2n) is 6.89. The van der Waals surface area contributed by atoms with E-state index >= 15 is 0 Å². The molecule has 0 spiro atoms. The van der Waals surface area contributed by atoms with Crippen molar-refractivity contribution < 1.29 is 27.1 Å². The van der Waals surface area contributed by atoms with Gasteiger partial charge in [0.25, 0.3) is 10.0 Å². The van der Waals surface area contributed by atoms with Crippen molar-refractivity contribution in [1.29, 1.82) is 0 Å². The van der Waals surface area contributed by atoms with Gasteiger partial charge in [0.05, 0.1) is 30.5 Å². The Morgan fingerprint density at radius 3 is 2.31 bits per heavy atom. The zero-order valence-corrected chi connectivity index (χ0v) is 18.6. The van der Waals surface area contributed by atoms with Crippen LogP contribution in [0.1, 0.15) is 5.56 Å². The first-order valence-corrected chi connectivity index (χ1v) is 11.1. The summed E-state index contributed by atoms with van der Waals surface area (Å²) >= 11 is 0. The zero-order chi connectivity index (χ0) is 23.3. The molecule has 0 saturated heterocycles. The van der Waals surface area contributed by atoms with Gasteiger partial charge in [-0.15, -0.1) is 0 Å². The summed E-state index contributed by atoms with van der Waals surface area (Å²) in [7, 11) is -1.31. The number of hydrogen-bond acceptors (Lipinski definition) is 5. The van der Waals surface area contributed by atoms with Crippen LogP contribution in [0.4, 0.5) is 15.8 Å². The first-order valence-electron chi connectivity index (χ1n) is 9.62. The van der Waals surface area contributed by atoms with Crippen LogP contribution in [-0.4, -0.2) is 35.1 Å². The minimum atomic E-state index is -4.16. The van der Waals surface area contributed by atoms with E-state index in [-0.39, 0.29) is 22.0 Å². The lowest BCUT2D eigenvalue weighted by Crippen LogP contribution is -2.38. The lowest BCUT2D eigenvalue weighted by atomic mass is 10.2. The number of ether oxygens (including phenoxy) is 2. The van der Waals surface area contributed by atoms with Gasteiger partial charge >= 0.3 is 0 Å². The molecule has 0 fully saturated rings. The molecule has 3 rings (SSSR count). The lowest BCUT2D eigenvalue weighted by Gasteiger charge is -2.26. The van der Waals surface area contributed by atoms with Gasteiger partial charge in [0.2, 0.25) is 5.91 Å². The molecule has 7 nitrogen and oxygen atoms in total. The Morgan fingerprint density at radius 1 is 1.00 bits per heavy atom. The summed E-state index contributed by atoms with van der Waals surface area (Å²) in [6.45, 7) is 1.23. The molecule has 0 saturated carbocycles. The summed E-state index contributed by atoms with van der Waals surface area (Å²) in [4.78, 5) is 12.8. The van der Waals surface area contributed by atoms with Gasteiger partial charge in [0, 0.05) is 6.07 Å². The van der Waals surface area contributed by atoms with E-state index in [1.165, 1.54) is 56.7 Å². The molecule has 0 radical (unpaired) electrons. The van der Waals surface area contributed by atoms with Crippen molar-refractivity contribution in [2.45, 2.75) is 11.8 Å². The standard InChI is InChI=1S/C23H23FN2O5S/c1-16-8-11-18(12-9-16)32(28,29)26(21-13-10-17(30-2)14-22(21)31-3)15-23(27)25-20-7-5-4-6-19(20)24/h4-14H,15H2,1-3H3,(H,25,27). The van der Waals surface area contributed by atoms with Gasteiger partial charge in [0.15, 0.2) is 0 Å². The summed E-state index contributed by atoms with van der Waals surface area (Å²) in [5.74, 6) is -0.702. The maximum atomic E-state index is 14.0. The molecule has 0 bridgehead atoms. The predicted octanol–water partition coefficient (Wildman–Crippen LogP) is 3.99. The molecule has 1 amide bonds. The van der Waals surface area contributed by atoms with Gasteiger partial charge in [-0.2, -0.15) is 0 Å². The number of benzene rings is 3. The number of sulfonamides is 1. The van der Waals surface area contributed by atoms with Gasteiger partial charge < -0.3 is 14.8 Å². The molecule has 168 valence electrons. The number of nitrogens with zero attached hydrogens (tertiary/aromatic N) is 1. The summed E-state index contributed by atoms with van der Waals surface area (Å²) in [6.07, 6.45) is 0. The highest BCUT2D eigenvalue weighted by molar-refractivity contribution is 7.92. The van der Waals surface area contributed by atoms with E-state index in [4.69, 9.17) is 9.47 Å². The molecule has 32 heavy (non-hydrogen) atoms. The van der Waals surface area contributed by atoms with Crippen molar-refractivity contribution in [3.05, 3.63) is 78.1 Å².